The van der Waals surface area contributed by atoms with Crippen molar-refractivity contribution in [1.82, 2.24) is 14.8 Å². The van der Waals surface area contributed by atoms with Crippen LogP contribution in [0.5, 0.6) is 0 Å². The molecule has 1 aliphatic carbocycles. The molecule has 0 bridgehead atoms. The predicted octanol–water partition coefficient (Wildman–Crippen LogP) is 2.16. The fourth-order valence-electron chi connectivity index (χ4n) is 1.88. The van der Waals surface area contributed by atoms with Crippen LogP contribution in [0.15, 0.2) is 30.6 Å². The molecule has 0 amide bonds. The maximum Gasteiger partial charge on any atom is 0.0829 e. The van der Waals surface area contributed by atoms with Crippen molar-refractivity contribution in [2.75, 3.05) is 0 Å². The van der Waals surface area contributed by atoms with E-state index in [0.29, 0.717) is 5.92 Å². The molecule has 1 atom stereocenters. The molecule has 0 radical (unpaired) electrons. The van der Waals surface area contributed by atoms with Crippen LogP contribution >= 0.6 is 0 Å². The average Bonchev–Trinajstić information content (AvgIpc) is 3.07. The van der Waals surface area contributed by atoms with Gasteiger partial charge >= 0.3 is 0 Å². The molecule has 2 aromatic heterocycles. The van der Waals surface area contributed by atoms with Gasteiger partial charge in [-0.2, -0.15) is 5.10 Å². The van der Waals surface area contributed by atoms with Crippen molar-refractivity contribution in [2.45, 2.75) is 31.7 Å². The maximum absolute atomic E-state index is 5.77. The minimum atomic E-state index is -0.0244. The summed E-state index contributed by atoms with van der Waals surface area (Å²) in [7, 11) is 0. The van der Waals surface area contributed by atoms with E-state index < -0.39 is 0 Å². The first-order valence-electron chi connectivity index (χ1n) is 6.01. The summed E-state index contributed by atoms with van der Waals surface area (Å²) in [6, 6.07) is 6.04. The van der Waals surface area contributed by atoms with Crippen molar-refractivity contribution in [3.05, 3.63) is 42.0 Å². The highest BCUT2D eigenvalue weighted by atomic mass is 15.3. The smallest absolute Gasteiger partial charge is 0.0829 e. The van der Waals surface area contributed by atoms with Gasteiger partial charge in [-0.1, -0.05) is 0 Å². The van der Waals surface area contributed by atoms with Gasteiger partial charge in [-0.25, -0.2) is 4.68 Å². The molecule has 4 nitrogen and oxygen atoms in total. The Kier molecular flexibility index (Phi) is 2.44. The Morgan fingerprint density at radius 1 is 1.35 bits per heavy atom. The summed E-state index contributed by atoms with van der Waals surface area (Å²) in [6.07, 6.45) is 6.37. The Balaban J connectivity index is 1.86. The first-order chi connectivity index (χ1) is 8.24. The van der Waals surface area contributed by atoms with E-state index >= 15 is 0 Å². The van der Waals surface area contributed by atoms with Gasteiger partial charge in [0.1, 0.15) is 0 Å². The molecule has 3 rings (SSSR count). The van der Waals surface area contributed by atoms with Crippen LogP contribution in [-0.4, -0.2) is 14.8 Å². The number of hydrogen-bond donors (Lipinski definition) is 1. The van der Waals surface area contributed by atoms with E-state index in [1.807, 2.05) is 36.1 Å². The third-order valence-corrected chi connectivity index (χ3v) is 3.11. The van der Waals surface area contributed by atoms with E-state index in [9.17, 15) is 0 Å². The van der Waals surface area contributed by atoms with Gasteiger partial charge in [-0.05, 0) is 38.0 Å². The molecule has 0 spiro atoms. The lowest BCUT2D eigenvalue weighted by atomic mass is 10.2. The molecule has 0 aromatic carbocycles. The van der Waals surface area contributed by atoms with Gasteiger partial charge in [0.25, 0.3) is 0 Å². The molecule has 1 saturated carbocycles. The molecule has 2 heterocycles. The maximum atomic E-state index is 5.77. The Morgan fingerprint density at radius 3 is 2.76 bits per heavy atom. The zero-order valence-electron chi connectivity index (χ0n) is 9.87. The zero-order chi connectivity index (χ0) is 11.8. The average molecular weight is 228 g/mol. The molecule has 88 valence electrons. The number of nitrogens with zero attached hydrogens (tertiary/aromatic N) is 3. The number of nitrogens with two attached hydrogens (primary N) is 1. The van der Waals surface area contributed by atoms with Gasteiger partial charge in [0.15, 0.2) is 0 Å². The highest BCUT2D eigenvalue weighted by Crippen LogP contribution is 2.38. The Morgan fingerprint density at radius 2 is 2.18 bits per heavy atom. The van der Waals surface area contributed by atoms with Crippen LogP contribution in [0.25, 0.3) is 5.69 Å². The van der Waals surface area contributed by atoms with E-state index in [4.69, 9.17) is 5.73 Å². The van der Waals surface area contributed by atoms with Crippen molar-refractivity contribution >= 4 is 0 Å². The lowest BCUT2D eigenvalue weighted by molar-refractivity contribution is 0.772. The van der Waals surface area contributed by atoms with Gasteiger partial charge in [-0.3, -0.25) is 4.98 Å². The summed E-state index contributed by atoms with van der Waals surface area (Å²) in [5.74, 6) is 0.688. The van der Waals surface area contributed by atoms with E-state index in [1.165, 1.54) is 18.5 Å². The summed E-state index contributed by atoms with van der Waals surface area (Å²) in [4.78, 5) is 4.34. The van der Waals surface area contributed by atoms with Gasteiger partial charge < -0.3 is 5.73 Å². The topological polar surface area (TPSA) is 56.7 Å². The molecule has 1 aliphatic rings. The van der Waals surface area contributed by atoms with Crippen LogP contribution in [-0.2, 0) is 0 Å². The van der Waals surface area contributed by atoms with Crippen LogP contribution in [0.4, 0.5) is 0 Å². The molecule has 0 saturated heterocycles. The quantitative estimate of drug-likeness (QED) is 0.875. The molecule has 0 aliphatic heterocycles. The van der Waals surface area contributed by atoms with Gasteiger partial charge in [0.2, 0.25) is 0 Å². The number of aromatic nitrogens is 3. The SMILES string of the molecule is C[C@@H](N)c1ccc(-n2ccc(C3CC3)n2)cn1. The van der Waals surface area contributed by atoms with Crippen molar-refractivity contribution in [3.8, 4) is 5.69 Å². The summed E-state index contributed by atoms with van der Waals surface area (Å²) in [5, 5.41) is 4.56. The summed E-state index contributed by atoms with van der Waals surface area (Å²) < 4.78 is 1.88. The molecule has 2 N–H and O–H groups in total. The molecule has 2 aromatic rings. The van der Waals surface area contributed by atoms with E-state index in [2.05, 4.69) is 16.1 Å². The number of hydrogen-bond acceptors (Lipinski definition) is 3. The predicted molar refractivity (Wildman–Crippen MR) is 65.9 cm³/mol. The standard InChI is InChI=1S/C13H16N4/c1-9(14)12-5-4-11(8-15-12)17-7-6-13(16-17)10-2-3-10/h4-10H,2-3,14H2,1H3/t9-/m1/s1. The molecule has 0 unspecified atom stereocenters. The lowest BCUT2D eigenvalue weighted by Gasteiger charge is -2.05. The Bertz CT molecular complexity index is 508. The van der Waals surface area contributed by atoms with Crippen LogP contribution in [0, 0.1) is 0 Å². The van der Waals surface area contributed by atoms with E-state index in [-0.39, 0.29) is 6.04 Å². The van der Waals surface area contributed by atoms with Crippen molar-refractivity contribution in [3.63, 3.8) is 0 Å². The first kappa shape index (κ1) is 10.5. The fraction of sp³-hybridized carbons (Fsp3) is 0.385. The Labute approximate surface area is 100 Å². The molecule has 4 heteroatoms. The largest absolute Gasteiger partial charge is 0.323 e. The van der Waals surface area contributed by atoms with Crippen molar-refractivity contribution in [2.24, 2.45) is 5.73 Å². The van der Waals surface area contributed by atoms with E-state index in [0.717, 1.165) is 11.4 Å². The van der Waals surface area contributed by atoms with Gasteiger partial charge in [-0.15, -0.1) is 0 Å². The molecular formula is C13H16N4. The third-order valence-electron chi connectivity index (χ3n) is 3.11. The molecule has 1 fully saturated rings. The van der Waals surface area contributed by atoms with E-state index in [1.54, 1.807) is 0 Å². The molecular weight excluding hydrogens is 212 g/mol. The monoisotopic (exact) mass is 228 g/mol. The van der Waals surface area contributed by atoms with Crippen LogP contribution in [0.3, 0.4) is 0 Å². The third kappa shape index (κ3) is 2.08. The number of rotatable bonds is 3. The lowest BCUT2D eigenvalue weighted by Crippen LogP contribution is -2.07. The highest BCUT2D eigenvalue weighted by Gasteiger charge is 2.25. The molecule has 17 heavy (non-hydrogen) atoms. The minimum absolute atomic E-state index is 0.0244. The fourth-order valence-corrected chi connectivity index (χ4v) is 1.88. The second-order valence-electron chi connectivity index (χ2n) is 4.69. The van der Waals surface area contributed by atoms with Crippen LogP contribution in [0.1, 0.15) is 43.1 Å². The summed E-state index contributed by atoms with van der Waals surface area (Å²) in [5.41, 5.74) is 8.86. The second-order valence-corrected chi connectivity index (χ2v) is 4.69. The zero-order valence-corrected chi connectivity index (χ0v) is 9.87. The normalized spacial score (nSPS) is 17.1. The second kappa shape index (κ2) is 3.96. The van der Waals surface area contributed by atoms with Gasteiger partial charge in [0.05, 0.1) is 23.3 Å². The summed E-state index contributed by atoms with van der Waals surface area (Å²) in [6.45, 7) is 1.93. The highest BCUT2D eigenvalue weighted by molar-refractivity contribution is 5.30. The Hall–Kier alpha value is -1.68. The number of pyridine rings is 1. The van der Waals surface area contributed by atoms with Crippen LogP contribution < -0.4 is 5.73 Å². The van der Waals surface area contributed by atoms with Gasteiger partial charge in [0, 0.05) is 18.2 Å². The van der Waals surface area contributed by atoms with Crippen LogP contribution in [0.2, 0.25) is 0 Å². The first-order valence-corrected chi connectivity index (χ1v) is 6.01. The van der Waals surface area contributed by atoms with Crippen molar-refractivity contribution in [1.29, 1.82) is 0 Å². The van der Waals surface area contributed by atoms with Crippen molar-refractivity contribution < 1.29 is 0 Å². The minimum Gasteiger partial charge on any atom is -0.323 e. The summed E-state index contributed by atoms with van der Waals surface area (Å²) >= 11 is 0.